The van der Waals surface area contributed by atoms with Crippen molar-refractivity contribution < 1.29 is 23.8 Å². The maximum atomic E-state index is 12.6. The average Bonchev–Trinajstić information content (AvgIpc) is 3.12. The van der Waals surface area contributed by atoms with Crippen LogP contribution in [-0.4, -0.2) is 62.5 Å². The van der Waals surface area contributed by atoms with E-state index < -0.39 is 6.04 Å². The van der Waals surface area contributed by atoms with Crippen molar-refractivity contribution in [3.8, 4) is 5.75 Å². The number of amides is 3. The van der Waals surface area contributed by atoms with Gasteiger partial charge in [0, 0.05) is 13.5 Å². The fourth-order valence-corrected chi connectivity index (χ4v) is 3.03. The van der Waals surface area contributed by atoms with Gasteiger partial charge in [-0.05, 0) is 17.7 Å². The molecule has 1 aromatic rings. The molecule has 0 saturated carbocycles. The predicted octanol–water partition coefficient (Wildman–Crippen LogP) is 0.572. The minimum absolute atomic E-state index is 0.240. The molecule has 1 aromatic carbocycles. The number of methoxy groups -OCH3 is 2. The van der Waals surface area contributed by atoms with Crippen molar-refractivity contribution in [2.45, 2.75) is 24.6 Å². The van der Waals surface area contributed by atoms with Crippen LogP contribution in [0.3, 0.4) is 0 Å². The van der Waals surface area contributed by atoms with Crippen molar-refractivity contribution in [1.82, 2.24) is 10.2 Å². The summed E-state index contributed by atoms with van der Waals surface area (Å²) in [6.45, 7) is 0.697. The summed E-state index contributed by atoms with van der Waals surface area (Å²) in [5.41, 5.74) is 0.927. The Balaban J connectivity index is 1.73. The fourth-order valence-electron chi connectivity index (χ4n) is 3.03. The van der Waals surface area contributed by atoms with Crippen molar-refractivity contribution in [2.75, 3.05) is 27.4 Å². The molecular weight excluding hydrogens is 300 g/mol. The lowest BCUT2D eigenvalue weighted by Gasteiger charge is -2.24. The third-order valence-electron chi connectivity index (χ3n) is 4.26. The Morgan fingerprint density at radius 2 is 2.13 bits per heavy atom. The highest BCUT2D eigenvalue weighted by Crippen LogP contribution is 2.22. The number of nitrogens with one attached hydrogen (secondary N) is 1. The first-order chi connectivity index (χ1) is 11.1. The first kappa shape index (κ1) is 15.8. The van der Waals surface area contributed by atoms with Crippen LogP contribution in [0.25, 0.3) is 0 Å². The molecule has 23 heavy (non-hydrogen) atoms. The van der Waals surface area contributed by atoms with Crippen LogP contribution in [0.4, 0.5) is 4.79 Å². The Hall–Kier alpha value is -2.12. The van der Waals surface area contributed by atoms with Gasteiger partial charge in [0.05, 0.1) is 26.4 Å². The Morgan fingerprint density at radius 1 is 1.30 bits per heavy atom. The second kappa shape index (κ2) is 6.55. The Labute approximate surface area is 134 Å². The molecule has 7 nitrogen and oxygen atoms in total. The van der Waals surface area contributed by atoms with Crippen molar-refractivity contribution >= 4 is 11.9 Å². The summed E-state index contributed by atoms with van der Waals surface area (Å²) in [5.74, 6) is 0.482. The van der Waals surface area contributed by atoms with Crippen LogP contribution in [0, 0.1) is 0 Å². The smallest absolute Gasteiger partial charge is 0.325 e. The Kier molecular flexibility index (Phi) is 4.49. The van der Waals surface area contributed by atoms with Crippen molar-refractivity contribution in [2.24, 2.45) is 0 Å². The number of nitrogens with zero attached hydrogens (tertiary/aromatic N) is 1. The molecule has 2 saturated heterocycles. The highest BCUT2D eigenvalue weighted by atomic mass is 16.5. The first-order valence-electron chi connectivity index (χ1n) is 7.51. The average molecular weight is 320 g/mol. The van der Waals surface area contributed by atoms with E-state index in [9.17, 15) is 9.59 Å². The van der Waals surface area contributed by atoms with Gasteiger partial charge in [0.1, 0.15) is 17.9 Å². The number of carbonyl (C=O) groups is 2. The van der Waals surface area contributed by atoms with E-state index >= 15 is 0 Å². The minimum atomic E-state index is -0.576. The van der Waals surface area contributed by atoms with Gasteiger partial charge in [-0.15, -0.1) is 0 Å². The molecule has 7 heteroatoms. The second-order valence-corrected chi connectivity index (χ2v) is 5.64. The standard InChI is InChI=1S/C16H20N2O5/c1-21-11-5-3-4-10(6-11)7-12-15(19)18(16(20)17-12)13-8-23-9-14(13)22-2/h3-6,12-14H,7-9H2,1-2H3,(H,17,20)/t12?,13-,14-/m1/s1. The molecule has 0 aromatic heterocycles. The zero-order valence-corrected chi connectivity index (χ0v) is 13.2. The van der Waals surface area contributed by atoms with Crippen molar-refractivity contribution in [1.29, 1.82) is 0 Å². The molecule has 2 fully saturated rings. The van der Waals surface area contributed by atoms with Gasteiger partial charge in [-0.1, -0.05) is 12.1 Å². The number of imide groups is 1. The van der Waals surface area contributed by atoms with E-state index in [4.69, 9.17) is 14.2 Å². The number of hydrogen-bond donors (Lipinski definition) is 1. The first-order valence-corrected chi connectivity index (χ1v) is 7.51. The number of ether oxygens (including phenoxy) is 3. The molecule has 2 aliphatic heterocycles. The summed E-state index contributed by atoms with van der Waals surface area (Å²) in [4.78, 5) is 26.1. The van der Waals surface area contributed by atoms with E-state index in [1.165, 1.54) is 4.90 Å². The summed E-state index contributed by atoms with van der Waals surface area (Å²) in [6, 6.07) is 6.12. The molecule has 3 atom stereocenters. The van der Waals surface area contributed by atoms with Gasteiger partial charge in [0.25, 0.3) is 5.91 Å². The molecule has 0 radical (unpaired) electrons. The van der Waals surface area contributed by atoms with Crippen LogP contribution >= 0.6 is 0 Å². The molecule has 3 rings (SSSR count). The third-order valence-corrected chi connectivity index (χ3v) is 4.26. The molecule has 124 valence electrons. The molecule has 1 unspecified atom stereocenters. The largest absolute Gasteiger partial charge is 0.497 e. The van der Waals surface area contributed by atoms with Gasteiger partial charge in [-0.3, -0.25) is 9.69 Å². The zero-order chi connectivity index (χ0) is 16.4. The zero-order valence-electron chi connectivity index (χ0n) is 13.2. The highest BCUT2D eigenvalue weighted by Gasteiger charge is 2.46. The molecule has 3 amide bonds. The lowest BCUT2D eigenvalue weighted by Crippen LogP contribution is -2.47. The van der Waals surface area contributed by atoms with Crippen LogP contribution in [0.2, 0.25) is 0 Å². The van der Waals surface area contributed by atoms with Crippen molar-refractivity contribution in [3.63, 3.8) is 0 Å². The van der Waals surface area contributed by atoms with E-state index in [2.05, 4.69) is 5.32 Å². The van der Waals surface area contributed by atoms with Gasteiger partial charge in [-0.25, -0.2) is 4.79 Å². The van der Waals surface area contributed by atoms with Crippen molar-refractivity contribution in [3.05, 3.63) is 29.8 Å². The lowest BCUT2D eigenvalue weighted by atomic mass is 10.0. The van der Waals surface area contributed by atoms with Crippen LogP contribution in [0.5, 0.6) is 5.75 Å². The second-order valence-electron chi connectivity index (χ2n) is 5.64. The van der Waals surface area contributed by atoms with Gasteiger partial charge < -0.3 is 19.5 Å². The van der Waals surface area contributed by atoms with Crippen LogP contribution < -0.4 is 10.1 Å². The van der Waals surface area contributed by atoms with E-state index in [1.54, 1.807) is 14.2 Å². The summed E-state index contributed by atoms with van der Waals surface area (Å²) >= 11 is 0. The number of urea groups is 1. The van der Waals surface area contributed by atoms with Crippen LogP contribution in [-0.2, 0) is 20.7 Å². The Morgan fingerprint density at radius 3 is 2.87 bits per heavy atom. The molecule has 0 aliphatic carbocycles. The van der Waals surface area contributed by atoms with Gasteiger partial charge in [0.15, 0.2) is 0 Å². The molecule has 0 bridgehead atoms. The highest BCUT2D eigenvalue weighted by molar-refractivity contribution is 6.04. The quantitative estimate of drug-likeness (QED) is 0.803. The maximum Gasteiger partial charge on any atom is 0.325 e. The normalized spacial score (nSPS) is 27.4. The molecule has 2 aliphatic rings. The number of benzene rings is 1. The molecular formula is C16H20N2O5. The summed E-state index contributed by atoms with van der Waals surface area (Å²) < 4.78 is 15.8. The molecule has 2 heterocycles. The van der Waals surface area contributed by atoms with Gasteiger partial charge in [0.2, 0.25) is 0 Å². The SMILES string of the molecule is COc1cccc(CC2NC(=O)N([C@@H]3COC[C@H]3OC)C2=O)c1. The van der Waals surface area contributed by atoms with Gasteiger partial charge >= 0.3 is 6.03 Å². The van der Waals surface area contributed by atoms with E-state index in [0.29, 0.717) is 19.6 Å². The lowest BCUT2D eigenvalue weighted by molar-refractivity contribution is -0.130. The summed E-state index contributed by atoms with van der Waals surface area (Å²) in [6.07, 6.45) is 0.143. The number of hydrogen-bond acceptors (Lipinski definition) is 5. The van der Waals surface area contributed by atoms with E-state index in [1.807, 2.05) is 24.3 Å². The number of carbonyl (C=O) groups excluding carboxylic acids is 2. The Bertz CT molecular complexity index is 606. The molecule has 0 spiro atoms. The number of rotatable bonds is 5. The maximum absolute atomic E-state index is 12.6. The van der Waals surface area contributed by atoms with E-state index in [-0.39, 0.29) is 24.1 Å². The topological polar surface area (TPSA) is 77.1 Å². The third kappa shape index (κ3) is 3.02. The summed E-state index contributed by atoms with van der Waals surface area (Å²) in [5, 5.41) is 2.75. The summed E-state index contributed by atoms with van der Waals surface area (Å²) in [7, 11) is 3.15. The monoisotopic (exact) mass is 320 g/mol. The van der Waals surface area contributed by atoms with E-state index in [0.717, 1.165) is 11.3 Å². The van der Waals surface area contributed by atoms with Crippen LogP contribution in [0.15, 0.2) is 24.3 Å². The predicted molar refractivity (Wildman–Crippen MR) is 81.3 cm³/mol. The minimum Gasteiger partial charge on any atom is -0.497 e. The van der Waals surface area contributed by atoms with Crippen LogP contribution in [0.1, 0.15) is 5.56 Å². The van der Waals surface area contributed by atoms with Gasteiger partial charge in [-0.2, -0.15) is 0 Å². The fraction of sp³-hybridized carbons (Fsp3) is 0.500. The molecule has 1 N–H and O–H groups in total.